The van der Waals surface area contributed by atoms with E-state index in [0.717, 1.165) is 35.5 Å². The van der Waals surface area contributed by atoms with Crippen molar-refractivity contribution in [2.24, 2.45) is 5.41 Å². The van der Waals surface area contributed by atoms with E-state index in [-0.39, 0.29) is 17.5 Å². The van der Waals surface area contributed by atoms with Crippen molar-refractivity contribution in [2.45, 2.75) is 31.7 Å². The molecule has 1 atom stereocenters. The van der Waals surface area contributed by atoms with Gasteiger partial charge in [-0.25, -0.2) is 8.78 Å². The summed E-state index contributed by atoms with van der Waals surface area (Å²) in [6.07, 6.45) is -3.17. The normalized spacial score (nSPS) is 20.6. The van der Waals surface area contributed by atoms with Gasteiger partial charge in [-0.1, -0.05) is 36.4 Å². The van der Waals surface area contributed by atoms with Gasteiger partial charge in [-0.3, -0.25) is 4.90 Å². The molecule has 0 saturated carbocycles. The molecule has 3 aromatic rings. The van der Waals surface area contributed by atoms with E-state index in [4.69, 9.17) is 4.74 Å². The van der Waals surface area contributed by atoms with Crippen LogP contribution >= 0.6 is 0 Å². The van der Waals surface area contributed by atoms with Gasteiger partial charge in [0.2, 0.25) is 0 Å². The van der Waals surface area contributed by atoms with Crippen molar-refractivity contribution in [2.75, 3.05) is 44.2 Å². The van der Waals surface area contributed by atoms with Crippen molar-refractivity contribution in [3.63, 3.8) is 0 Å². The van der Waals surface area contributed by atoms with Crippen LogP contribution in [0.3, 0.4) is 0 Å². The summed E-state index contributed by atoms with van der Waals surface area (Å²) in [5, 5.41) is 3.33. The third-order valence-corrected chi connectivity index (χ3v) is 8.16. The first-order valence-corrected chi connectivity index (χ1v) is 13.2. The summed E-state index contributed by atoms with van der Waals surface area (Å²) in [7, 11) is 0. The second-order valence-corrected chi connectivity index (χ2v) is 11.0. The SMILES string of the molecule is Fc1cc(N2CC3(CCNC3)C2)cc(F)c1C1c2ccc(OCc3ccccc3)cc2CCN1CC(F)(F)F. The lowest BCUT2D eigenvalue weighted by Crippen LogP contribution is -2.57. The van der Waals surface area contributed by atoms with Crippen molar-refractivity contribution >= 4 is 5.69 Å². The zero-order chi connectivity index (χ0) is 27.2. The molecule has 0 aromatic heterocycles. The maximum atomic E-state index is 15.7. The van der Waals surface area contributed by atoms with Gasteiger partial charge in [0.05, 0.1) is 12.6 Å². The first-order chi connectivity index (χ1) is 18.7. The van der Waals surface area contributed by atoms with Crippen LogP contribution in [0, 0.1) is 17.0 Å². The van der Waals surface area contributed by atoms with Gasteiger partial charge in [0.15, 0.2) is 0 Å². The zero-order valence-corrected chi connectivity index (χ0v) is 21.4. The van der Waals surface area contributed by atoms with E-state index in [1.807, 2.05) is 35.2 Å². The van der Waals surface area contributed by atoms with Crippen molar-refractivity contribution in [3.8, 4) is 5.75 Å². The van der Waals surface area contributed by atoms with Crippen LogP contribution in [0.4, 0.5) is 27.6 Å². The minimum Gasteiger partial charge on any atom is -0.489 e. The summed E-state index contributed by atoms with van der Waals surface area (Å²) in [5.74, 6) is -1.10. The quantitative estimate of drug-likeness (QED) is 0.395. The number of nitrogens with one attached hydrogen (secondary N) is 1. The van der Waals surface area contributed by atoms with Crippen LogP contribution in [-0.2, 0) is 13.0 Å². The van der Waals surface area contributed by atoms with Gasteiger partial charge in [-0.05, 0) is 60.3 Å². The fraction of sp³-hybridized carbons (Fsp3) is 0.400. The molecule has 1 spiro atoms. The van der Waals surface area contributed by atoms with Gasteiger partial charge >= 0.3 is 6.18 Å². The molecule has 39 heavy (non-hydrogen) atoms. The minimum absolute atomic E-state index is 0.0155. The van der Waals surface area contributed by atoms with Gasteiger partial charge in [0.25, 0.3) is 0 Å². The molecule has 9 heteroatoms. The van der Waals surface area contributed by atoms with E-state index >= 15 is 8.78 Å². The van der Waals surface area contributed by atoms with Crippen molar-refractivity contribution in [1.82, 2.24) is 10.2 Å². The first-order valence-electron chi connectivity index (χ1n) is 13.2. The monoisotopic (exact) mass is 543 g/mol. The molecule has 4 nitrogen and oxygen atoms in total. The van der Waals surface area contributed by atoms with Crippen LogP contribution in [0.15, 0.2) is 60.7 Å². The van der Waals surface area contributed by atoms with Crippen LogP contribution in [0.1, 0.15) is 34.7 Å². The van der Waals surface area contributed by atoms with E-state index in [9.17, 15) is 13.2 Å². The molecule has 0 bridgehead atoms. The molecule has 206 valence electrons. The number of benzene rings is 3. The Balaban J connectivity index is 1.30. The van der Waals surface area contributed by atoms with Gasteiger partial charge in [0.1, 0.15) is 24.0 Å². The van der Waals surface area contributed by atoms with E-state index in [0.29, 0.717) is 43.1 Å². The lowest BCUT2D eigenvalue weighted by Gasteiger charge is -2.49. The Hall–Kier alpha value is -3.17. The van der Waals surface area contributed by atoms with Crippen molar-refractivity contribution in [1.29, 1.82) is 0 Å². The highest BCUT2D eigenvalue weighted by atomic mass is 19.4. The number of fused-ring (bicyclic) bond motifs is 1. The number of halogens is 5. The Morgan fingerprint density at radius 3 is 2.38 bits per heavy atom. The minimum atomic E-state index is -4.51. The highest BCUT2D eigenvalue weighted by Crippen LogP contribution is 2.43. The van der Waals surface area contributed by atoms with Gasteiger partial charge < -0.3 is 15.0 Å². The Kier molecular flexibility index (Phi) is 6.75. The van der Waals surface area contributed by atoms with Crippen LogP contribution in [0.25, 0.3) is 0 Å². The second-order valence-electron chi connectivity index (χ2n) is 11.0. The molecule has 6 rings (SSSR count). The summed E-state index contributed by atoms with van der Waals surface area (Å²) < 4.78 is 77.8. The summed E-state index contributed by atoms with van der Waals surface area (Å²) in [6, 6.07) is 16.0. The number of alkyl halides is 3. The first kappa shape index (κ1) is 26.1. The lowest BCUT2D eigenvalue weighted by molar-refractivity contribution is -0.150. The largest absolute Gasteiger partial charge is 0.489 e. The Morgan fingerprint density at radius 2 is 1.72 bits per heavy atom. The van der Waals surface area contributed by atoms with Crippen LogP contribution in [0.2, 0.25) is 0 Å². The van der Waals surface area contributed by atoms with Gasteiger partial charge in [-0.2, -0.15) is 13.2 Å². The number of hydrogen-bond acceptors (Lipinski definition) is 4. The molecule has 1 N–H and O–H groups in total. The molecular weight excluding hydrogens is 513 g/mol. The maximum absolute atomic E-state index is 15.7. The predicted molar refractivity (Wildman–Crippen MR) is 139 cm³/mol. The molecule has 0 aliphatic carbocycles. The summed E-state index contributed by atoms with van der Waals surface area (Å²) in [6.45, 7) is 2.32. The Labute approximate surface area is 224 Å². The lowest BCUT2D eigenvalue weighted by atomic mass is 9.78. The summed E-state index contributed by atoms with van der Waals surface area (Å²) in [4.78, 5) is 3.05. The zero-order valence-electron chi connectivity index (χ0n) is 21.4. The average Bonchev–Trinajstić information content (AvgIpc) is 3.37. The molecule has 0 radical (unpaired) electrons. The van der Waals surface area contributed by atoms with Crippen molar-refractivity contribution < 1.29 is 26.7 Å². The molecule has 3 aliphatic heterocycles. The highest BCUT2D eigenvalue weighted by molar-refractivity contribution is 5.54. The van der Waals surface area contributed by atoms with Crippen LogP contribution in [-0.4, -0.2) is 50.3 Å². The molecule has 3 aromatic carbocycles. The molecule has 1 unspecified atom stereocenters. The van der Waals surface area contributed by atoms with E-state index in [1.54, 1.807) is 18.2 Å². The van der Waals surface area contributed by atoms with Crippen LogP contribution < -0.4 is 15.0 Å². The Bertz CT molecular complexity index is 1310. The van der Waals surface area contributed by atoms with E-state index in [2.05, 4.69) is 5.32 Å². The molecule has 2 fully saturated rings. The molecule has 3 aliphatic rings. The highest BCUT2D eigenvalue weighted by Gasteiger charge is 2.45. The average molecular weight is 544 g/mol. The fourth-order valence-electron chi connectivity index (χ4n) is 6.25. The molecule has 3 heterocycles. The third kappa shape index (κ3) is 5.34. The van der Waals surface area contributed by atoms with E-state index < -0.39 is 30.4 Å². The summed E-state index contributed by atoms with van der Waals surface area (Å²) in [5.41, 5.74) is 2.38. The molecule has 0 amide bonds. The number of anilines is 1. The standard InChI is InChI=1S/C30H30F5N3O/c31-25-13-22(38-17-29(18-38)9-10-36-16-29)14-26(32)27(25)28-24-7-6-23(39-15-20-4-2-1-3-5-20)12-21(24)8-11-37(28)19-30(33,34)35/h1-7,12-14,28,36H,8-11,15-19H2. The summed E-state index contributed by atoms with van der Waals surface area (Å²) >= 11 is 0. The third-order valence-electron chi connectivity index (χ3n) is 8.16. The Morgan fingerprint density at radius 1 is 0.974 bits per heavy atom. The number of ether oxygens (including phenoxy) is 1. The van der Waals surface area contributed by atoms with Gasteiger partial charge in [-0.15, -0.1) is 0 Å². The molecule has 2 saturated heterocycles. The smallest absolute Gasteiger partial charge is 0.401 e. The topological polar surface area (TPSA) is 27.7 Å². The number of nitrogens with zero attached hydrogens (tertiary/aromatic N) is 2. The van der Waals surface area contributed by atoms with Gasteiger partial charge in [0, 0.05) is 42.8 Å². The fourth-order valence-corrected chi connectivity index (χ4v) is 6.25. The maximum Gasteiger partial charge on any atom is 0.401 e. The second kappa shape index (κ2) is 10.1. The van der Waals surface area contributed by atoms with Crippen LogP contribution in [0.5, 0.6) is 5.75 Å². The number of rotatable bonds is 6. The van der Waals surface area contributed by atoms with E-state index in [1.165, 1.54) is 12.1 Å². The number of hydrogen-bond donors (Lipinski definition) is 1. The van der Waals surface area contributed by atoms with Crippen molar-refractivity contribution in [3.05, 3.63) is 94.6 Å². The molecular formula is C30H30F5N3O. The predicted octanol–water partition coefficient (Wildman–Crippen LogP) is 5.85.